The standard InChI is InChI=1S/C12H19NO4/c1-8-5-13(6-10(8)12(15)16)11(14)9-3-2-4-17-7-9/h8-10H,2-7H2,1H3,(H,15,16)/t8-,9?,10-/m1/s1. The van der Waals surface area contributed by atoms with Gasteiger partial charge in [0.2, 0.25) is 5.91 Å². The van der Waals surface area contributed by atoms with Crippen LogP contribution in [-0.4, -0.2) is 48.2 Å². The predicted molar refractivity (Wildman–Crippen MR) is 60.4 cm³/mol. The number of amides is 1. The van der Waals surface area contributed by atoms with Gasteiger partial charge >= 0.3 is 5.97 Å². The molecule has 1 N–H and O–H groups in total. The highest BCUT2D eigenvalue weighted by atomic mass is 16.5. The van der Waals surface area contributed by atoms with Crippen LogP contribution in [0.1, 0.15) is 19.8 Å². The second-order valence-corrected chi connectivity index (χ2v) is 5.08. The third kappa shape index (κ3) is 2.60. The van der Waals surface area contributed by atoms with Crippen LogP contribution in [-0.2, 0) is 14.3 Å². The second-order valence-electron chi connectivity index (χ2n) is 5.08. The number of carbonyl (C=O) groups is 2. The molecule has 17 heavy (non-hydrogen) atoms. The Morgan fingerprint density at radius 1 is 1.35 bits per heavy atom. The number of nitrogens with zero attached hydrogens (tertiary/aromatic N) is 1. The highest BCUT2D eigenvalue weighted by Gasteiger charge is 2.39. The maximum absolute atomic E-state index is 12.2. The molecule has 0 spiro atoms. The molecule has 2 fully saturated rings. The van der Waals surface area contributed by atoms with Crippen molar-refractivity contribution in [3.8, 4) is 0 Å². The average molecular weight is 241 g/mol. The predicted octanol–water partition coefficient (Wildman–Crippen LogP) is 0.592. The highest BCUT2D eigenvalue weighted by molar-refractivity contribution is 5.81. The number of ether oxygens (including phenoxy) is 1. The molecule has 0 aromatic heterocycles. The van der Waals surface area contributed by atoms with E-state index in [-0.39, 0.29) is 17.7 Å². The molecule has 0 aromatic carbocycles. The van der Waals surface area contributed by atoms with Crippen LogP contribution < -0.4 is 0 Å². The van der Waals surface area contributed by atoms with Crippen LogP contribution >= 0.6 is 0 Å². The minimum absolute atomic E-state index is 0.0426. The lowest BCUT2D eigenvalue weighted by Crippen LogP contribution is -2.38. The zero-order valence-corrected chi connectivity index (χ0v) is 10.1. The molecule has 1 unspecified atom stereocenters. The topological polar surface area (TPSA) is 66.8 Å². The van der Waals surface area contributed by atoms with Gasteiger partial charge in [-0.05, 0) is 18.8 Å². The minimum Gasteiger partial charge on any atom is -0.481 e. The SMILES string of the molecule is C[C@@H]1CN(C(=O)C2CCCOC2)C[C@H]1C(=O)O. The molecule has 2 aliphatic heterocycles. The van der Waals surface area contributed by atoms with E-state index in [1.807, 2.05) is 6.92 Å². The Kier molecular flexibility index (Phi) is 3.66. The van der Waals surface area contributed by atoms with Gasteiger partial charge < -0.3 is 14.7 Å². The summed E-state index contributed by atoms with van der Waals surface area (Å²) in [6.07, 6.45) is 1.78. The van der Waals surface area contributed by atoms with Crippen LogP contribution in [0, 0.1) is 17.8 Å². The van der Waals surface area contributed by atoms with Gasteiger partial charge in [0.25, 0.3) is 0 Å². The number of hydrogen-bond acceptors (Lipinski definition) is 3. The van der Waals surface area contributed by atoms with Gasteiger partial charge in [-0.1, -0.05) is 6.92 Å². The Hall–Kier alpha value is -1.10. The van der Waals surface area contributed by atoms with Gasteiger partial charge in [-0.3, -0.25) is 9.59 Å². The van der Waals surface area contributed by atoms with Crippen LogP contribution in [0.4, 0.5) is 0 Å². The quantitative estimate of drug-likeness (QED) is 0.768. The molecule has 3 atom stereocenters. The van der Waals surface area contributed by atoms with Crippen LogP contribution in [0.5, 0.6) is 0 Å². The lowest BCUT2D eigenvalue weighted by molar-refractivity contribution is -0.143. The first-order chi connectivity index (χ1) is 8.09. The number of rotatable bonds is 2. The van der Waals surface area contributed by atoms with Crippen molar-refractivity contribution in [1.29, 1.82) is 0 Å². The minimum atomic E-state index is -0.798. The third-order valence-electron chi connectivity index (χ3n) is 3.75. The Bertz CT molecular complexity index is 312. The van der Waals surface area contributed by atoms with Crippen molar-refractivity contribution >= 4 is 11.9 Å². The molecule has 2 rings (SSSR count). The third-order valence-corrected chi connectivity index (χ3v) is 3.75. The summed E-state index contributed by atoms with van der Waals surface area (Å²) in [6.45, 7) is 4.03. The van der Waals surface area contributed by atoms with Gasteiger partial charge in [0.15, 0.2) is 0 Å². The highest BCUT2D eigenvalue weighted by Crippen LogP contribution is 2.26. The van der Waals surface area contributed by atoms with Crippen molar-refractivity contribution < 1.29 is 19.4 Å². The maximum atomic E-state index is 12.2. The molecule has 0 aliphatic carbocycles. The van der Waals surface area contributed by atoms with Crippen LogP contribution in [0.3, 0.4) is 0 Å². The molecular weight excluding hydrogens is 222 g/mol. The zero-order chi connectivity index (χ0) is 12.4. The van der Waals surface area contributed by atoms with E-state index in [2.05, 4.69) is 0 Å². The summed E-state index contributed by atoms with van der Waals surface area (Å²) in [5.41, 5.74) is 0. The summed E-state index contributed by atoms with van der Waals surface area (Å²) < 4.78 is 5.30. The van der Waals surface area contributed by atoms with Gasteiger partial charge in [-0.2, -0.15) is 0 Å². The van der Waals surface area contributed by atoms with E-state index < -0.39 is 11.9 Å². The first-order valence-corrected chi connectivity index (χ1v) is 6.19. The van der Waals surface area contributed by atoms with Crippen LogP contribution in [0.15, 0.2) is 0 Å². The van der Waals surface area contributed by atoms with Gasteiger partial charge in [-0.25, -0.2) is 0 Å². The summed E-state index contributed by atoms with van der Waals surface area (Å²) in [4.78, 5) is 24.9. The molecule has 0 aromatic rings. The lowest BCUT2D eigenvalue weighted by atomic mass is 9.99. The van der Waals surface area contributed by atoms with Gasteiger partial charge in [0, 0.05) is 19.7 Å². The fourth-order valence-corrected chi connectivity index (χ4v) is 2.66. The monoisotopic (exact) mass is 241 g/mol. The fourth-order valence-electron chi connectivity index (χ4n) is 2.66. The first-order valence-electron chi connectivity index (χ1n) is 6.19. The summed E-state index contributed by atoms with van der Waals surface area (Å²) in [7, 11) is 0. The summed E-state index contributed by atoms with van der Waals surface area (Å²) in [5.74, 6) is -1.17. The average Bonchev–Trinajstić information content (AvgIpc) is 2.71. The molecule has 0 radical (unpaired) electrons. The Balaban J connectivity index is 1.94. The molecule has 0 bridgehead atoms. The number of carboxylic acids is 1. The van der Waals surface area contributed by atoms with Crippen molar-refractivity contribution in [1.82, 2.24) is 4.90 Å². The number of hydrogen-bond donors (Lipinski definition) is 1. The van der Waals surface area contributed by atoms with Gasteiger partial charge in [-0.15, -0.1) is 0 Å². The number of aliphatic carboxylic acids is 1. The maximum Gasteiger partial charge on any atom is 0.308 e. The number of carbonyl (C=O) groups excluding carboxylic acids is 1. The molecule has 1 amide bonds. The van der Waals surface area contributed by atoms with E-state index in [0.29, 0.717) is 19.7 Å². The summed E-state index contributed by atoms with van der Waals surface area (Å²) in [5, 5.41) is 9.03. The Labute approximate surface area is 101 Å². The van der Waals surface area contributed by atoms with Crippen LogP contribution in [0.2, 0.25) is 0 Å². The molecule has 5 nitrogen and oxygen atoms in total. The van der Waals surface area contributed by atoms with E-state index in [9.17, 15) is 9.59 Å². The van der Waals surface area contributed by atoms with E-state index in [1.54, 1.807) is 4.90 Å². The van der Waals surface area contributed by atoms with Gasteiger partial charge in [0.1, 0.15) is 0 Å². The molecule has 2 heterocycles. The van der Waals surface area contributed by atoms with Crippen molar-refractivity contribution in [2.24, 2.45) is 17.8 Å². The second kappa shape index (κ2) is 5.04. The number of carboxylic acid groups (broad SMARTS) is 1. The zero-order valence-electron chi connectivity index (χ0n) is 10.1. The largest absolute Gasteiger partial charge is 0.481 e. The Morgan fingerprint density at radius 3 is 2.65 bits per heavy atom. The molecule has 96 valence electrons. The van der Waals surface area contributed by atoms with E-state index in [4.69, 9.17) is 9.84 Å². The van der Waals surface area contributed by atoms with Crippen molar-refractivity contribution in [2.45, 2.75) is 19.8 Å². The Morgan fingerprint density at radius 2 is 2.12 bits per heavy atom. The van der Waals surface area contributed by atoms with Crippen molar-refractivity contribution in [2.75, 3.05) is 26.3 Å². The molecule has 2 aliphatic rings. The summed E-state index contributed by atoms with van der Waals surface area (Å²) in [6, 6.07) is 0. The molecular formula is C12H19NO4. The molecule has 5 heteroatoms. The van der Waals surface area contributed by atoms with Crippen molar-refractivity contribution in [3.63, 3.8) is 0 Å². The number of likely N-dealkylation sites (tertiary alicyclic amines) is 1. The van der Waals surface area contributed by atoms with Crippen LogP contribution in [0.25, 0.3) is 0 Å². The molecule has 0 saturated carbocycles. The summed E-state index contributed by atoms with van der Waals surface area (Å²) >= 11 is 0. The van der Waals surface area contributed by atoms with E-state index >= 15 is 0 Å². The van der Waals surface area contributed by atoms with Gasteiger partial charge in [0.05, 0.1) is 18.4 Å². The normalized spacial score (nSPS) is 33.7. The van der Waals surface area contributed by atoms with E-state index in [0.717, 1.165) is 19.4 Å². The van der Waals surface area contributed by atoms with Crippen molar-refractivity contribution in [3.05, 3.63) is 0 Å². The fraction of sp³-hybridized carbons (Fsp3) is 0.833. The molecule has 2 saturated heterocycles. The lowest BCUT2D eigenvalue weighted by Gasteiger charge is -2.26. The smallest absolute Gasteiger partial charge is 0.308 e. The van der Waals surface area contributed by atoms with E-state index in [1.165, 1.54) is 0 Å². The first kappa shape index (κ1) is 12.4.